The van der Waals surface area contributed by atoms with Crippen molar-refractivity contribution >= 4 is 0 Å². The fraction of sp³-hybridized carbons (Fsp3) is 0.833. The van der Waals surface area contributed by atoms with Crippen molar-refractivity contribution in [2.75, 3.05) is 6.54 Å². The number of hydrogen-bond donors (Lipinski definition) is 0. The van der Waals surface area contributed by atoms with E-state index in [1.807, 2.05) is 0 Å². The summed E-state index contributed by atoms with van der Waals surface area (Å²) in [6.45, 7) is -0.444. The van der Waals surface area contributed by atoms with E-state index < -0.39 is 31.4 Å². The number of likely N-dealkylation sites (tertiary alicyclic amines) is 1. The third kappa shape index (κ3) is 1.60. The van der Waals surface area contributed by atoms with Gasteiger partial charge in [0, 0.05) is 6.42 Å². The minimum absolute atomic E-state index is 0.435. The van der Waals surface area contributed by atoms with E-state index in [9.17, 15) is 17.6 Å². The van der Waals surface area contributed by atoms with E-state index in [1.165, 1.54) is 6.19 Å². The molecular formula is C6H6F4N2. The molecule has 1 saturated heterocycles. The van der Waals surface area contributed by atoms with Gasteiger partial charge in [0.2, 0.25) is 0 Å². The van der Waals surface area contributed by atoms with Crippen LogP contribution in [0, 0.1) is 11.5 Å². The van der Waals surface area contributed by atoms with E-state index >= 15 is 0 Å². The molecule has 0 N–H and O–H groups in total. The first kappa shape index (κ1) is 9.10. The minimum Gasteiger partial charge on any atom is -0.295 e. The zero-order valence-corrected chi connectivity index (χ0v) is 5.98. The second-order valence-electron chi connectivity index (χ2n) is 2.64. The van der Waals surface area contributed by atoms with Gasteiger partial charge in [0.1, 0.15) is 12.2 Å². The van der Waals surface area contributed by atoms with E-state index in [0.29, 0.717) is 4.90 Å². The zero-order valence-electron chi connectivity index (χ0n) is 5.98. The predicted molar refractivity (Wildman–Crippen MR) is 31.7 cm³/mol. The monoisotopic (exact) mass is 182 g/mol. The van der Waals surface area contributed by atoms with E-state index in [2.05, 4.69) is 0 Å². The van der Waals surface area contributed by atoms with Gasteiger partial charge < -0.3 is 0 Å². The van der Waals surface area contributed by atoms with Crippen LogP contribution in [0.1, 0.15) is 6.42 Å². The first-order valence-corrected chi connectivity index (χ1v) is 3.32. The van der Waals surface area contributed by atoms with Crippen LogP contribution in [0.4, 0.5) is 17.6 Å². The maximum absolute atomic E-state index is 12.4. The van der Waals surface area contributed by atoms with Crippen molar-refractivity contribution in [3.05, 3.63) is 0 Å². The van der Waals surface area contributed by atoms with Gasteiger partial charge in [0.15, 0.2) is 6.19 Å². The van der Waals surface area contributed by atoms with Gasteiger partial charge in [-0.1, -0.05) is 0 Å². The first-order chi connectivity index (χ1) is 5.45. The van der Waals surface area contributed by atoms with Crippen LogP contribution >= 0.6 is 0 Å². The molecule has 2 unspecified atom stereocenters. The Morgan fingerprint density at radius 1 is 1.42 bits per heavy atom. The van der Waals surface area contributed by atoms with Gasteiger partial charge in [-0.15, -0.1) is 0 Å². The second kappa shape index (κ2) is 2.81. The summed E-state index contributed by atoms with van der Waals surface area (Å²) in [6, 6.07) is -1.93. The molecule has 1 fully saturated rings. The fourth-order valence-corrected chi connectivity index (χ4v) is 1.21. The smallest absolute Gasteiger partial charge is 0.295 e. The largest absolute Gasteiger partial charge is 0.409 e. The van der Waals surface area contributed by atoms with Gasteiger partial charge >= 0.3 is 6.18 Å². The SMILES string of the molecule is N#CN1CC(F)CC1C(F)(F)F. The normalized spacial score (nSPS) is 30.4. The lowest BCUT2D eigenvalue weighted by molar-refractivity contribution is -0.169. The van der Waals surface area contributed by atoms with Gasteiger partial charge in [-0.05, 0) is 0 Å². The average molecular weight is 182 g/mol. The summed E-state index contributed by atoms with van der Waals surface area (Å²) in [5.74, 6) is 0. The summed E-state index contributed by atoms with van der Waals surface area (Å²) in [7, 11) is 0. The highest BCUT2D eigenvalue weighted by atomic mass is 19.4. The fourth-order valence-electron chi connectivity index (χ4n) is 1.21. The van der Waals surface area contributed by atoms with Crippen molar-refractivity contribution in [2.45, 2.75) is 24.8 Å². The van der Waals surface area contributed by atoms with Gasteiger partial charge in [0.25, 0.3) is 0 Å². The zero-order chi connectivity index (χ0) is 9.35. The van der Waals surface area contributed by atoms with Crippen molar-refractivity contribution in [2.24, 2.45) is 0 Å². The van der Waals surface area contributed by atoms with E-state index in [4.69, 9.17) is 5.26 Å². The predicted octanol–water partition coefficient (Wildman–Crippen LogP) is 1.44. The molecule has 0 aliphatic carbocycles. The summed E-state index contributed by atoms with van der Waals surface area (Å²) in [4.78, 5) is 0.435. The molecule has 2 atom stereocenters. The molecule has 0 amide bonds. The topological polar surface area (TPSA) is 27.0 Å². The summed E-state index contributed by atoms with van der Waals surface area (Å²) >= 11 is 0. The van der Waals surface area contributed by atoms with Crippen molar-refractivity contribution in [3.8, 4) is 6.19 Å². The van der Waals surface area contributed by atoms with Crippen LogP contribution in [0.15, 0.2) is 0 Å². The van der Waals surface area contributed by atoms with Gasteiger partial charge in [-0.2, -0.15) is 18.4 Å². The molecule has 1 rings (SSSR count). The highest BCUT2D eigenvalue weighted by molar-refractivity contribution is 4.96. The molecule has 0 radical (unpaired) electrons. The van der Waals surface area contributed by atoms with Crippen LogP contribution < -0.4 is 0 Å². The Labute approximate surface area is 66.4 Å². The Hall–Kier alpha value is -0.990. The molecule has 12 heavy (non-hydrogen) atoms. The highest BCUT2D eigenvalue weighted by Crippen LogP contribution is 2.33. The quantitative estimate of drug-likeness (QED) is 0.418. The van der Waals surface area contributed by atoms with Crippen molar-refractivity contribution in [1.82, 2.24) is 4.90 Å². The van der Waals surface area contributed by atoms with Gasteiger partial charge in [-0.25, -0.2) is 4.39 Å². The number of hydrogen-bond acceptors (Lipinski definition) is 2. The van der Waals surface area contributed by atoms with Crippen LogP contribution in [0.25, 0.3) is 0 Å². The molecule has 1 heterocycles. The van der Waals surface area contributed by atoms with Gasteiger partial charge in [0.05, 0.1) is 6.54 Å². The average Bonchev–Trinajstić information content (AvgIpc) is 2.29. The Bertz CT molecular complexity index is 207. The number of alkyl halides is 4. The number of rotatable bonds is 0. The lowest BCUT2D eigenvalue weighted by Crippen LogP contribution is -2.38. The standard InChI is InChI=1S/C6H6F4N2/c7-4-1-5(6(8,9)10)12(2-4)3-11/h4-5H,1-2H2. The number of nitriles is 1. The Morgan fingerprint density at radius 2 is 2.00 bits per heavy atom. The van der Waals surface area contributed by atoms with Crippen molar-refractivity contribution in [3.63, 3.8) is 0 Å². The molecule has 68 valence electrons. The molecule has 6 heteroatoms. The summed E-state index contributed by atoms with van der Waals surface area (Å²) in [5.41, 5.74) is 0. The van der Waals surface area contributed by atoms with Crippen LogP contribution in [-0.2, 0) is 0 Å². The number of halogens is 4. The lowest BCUT2D eigenvalue weighted by atomic mass is 10.2. The Balaban J connectivity index is 2.72. The lowest BCUT2D eigenvalue weighted by Gasteiger charge is -2.20. The molecule has 0 spiro atoms. The van der Waals surface area contributed by atoms with Crippen molar-refractivity contribution < 1.29 is 17.6 Å². The Kier molecular flexibility index (Phi) is 2.13. The first-order valence-electron chi connectivity index (χ1n) is 3.32. The molecule has 2 nitrogen and oxygen atoms in total. The molecule has 1 aliphatic heterocycles. The van der Waals surface area contributed by atoms with Crippen LogP contribution in [0.2, 0.25) is 0 Å². The summed E-state index contributed by atoms with van der Waals surface area (Å²) in [5, 5.41) is 8.23. The minimum atomic E-state index is -4.50. The van der Waals surface area contributed by atoms with Crippen molar-refractivity contribution in [1.29, 1.82) is 5.26 Å². The van der Waals surface area contributed by atoms with E-state index in [0.717, 1.165) is 0 Å². The molecule has 1 aliphatic rings. The third-order valence-corrected chi connectivity index (χ3v) is 1.76. The molecule has 0 aromatic carbocycles. The third-order valence-electron chi connectivity index (χ3n) is 1.76. The Morgan fingerprint density at radius 3 is 2.33 bits per heavy atom. The maximum atomic E-state index is 12.4. The molecular weight excluding hydrogens is 176 g/mol. The maximum Gasteiger partial charge on any atom is 0.409 e. The molecule has 0 bridgehead atoms. The highest BCUT2D eigenvalue weighted by Gasteiger charge is 2.49. The molecule has 0 saturated carbocycles. The summed E-state index contributed by atoms with van der Waals surface area (Å²) in [6.07, 6.45) is -5.35. The van der Waals surface area contributed by atoms with E-state index in [-0.39, 0.29) is 0 Å². The second-order valence-corrected chi connectivity index (χ2v) is 2.64. The van der Waals surface area contributed by atoms with Crippen LogP contribution in [0.3, 0.4) is 0 Å². The molecule has 0 aromatic heterocycles. The summed E-state index contributed by atoms with van der Waals surface area (Å²) < 4.78 is 48.5. The van der Waals surface area contributed by atoms with Crippen LogP contribution in [-0.4, -0.2) is 29.8 Å². The molecule has 0 aromatic rings. The van der Waals surface area contributed by atoms with E-state index in [1.54, 1.807) is 0 Å². The van der Waals surface area contributed by atoms with Gasteiger partial charge in [-0.3, -0.25) is 4.90 Å². The van der Waals surface area contributed by atoms with Crippen LogP contribution in [0.5, 0.6) is 0 Å². The number of nitrogens with zero attached hydrogens (tertiary/aromatic N) is 2.